The second kappa shape index (κ2) is 3.71. The summed E-state index contributed by atoms with van der Waals surface area (Å²) in [7, 11) is -3.33. The van der Waals surface area contributed by atoms with E-state index in [9.17, 15) is 8.42 Å². The Morgan fingerprint density at radius 3 is 2.73 bits per heavy atom. The predicted octanol–water partition coefficient (Wildman–Crippen LogP) is 1.61. The van der Waals surface area contributed by atoms with E-state index in [0.717, 1.165) is 11.1 Å². The minimum Gasteiger partial charge on any atom is -0.227 e. The lowest BCUT2D eigenvalue weighted by atomic mass is 10.3. The van der Waals surface area contributed by atoms with E-state index in [2.05, 4.69) is 9.97 Å². The van der Waals surface area contributed by atoms with Crippen LogP contribution in [-0.2, 0) is 9.84 Å². The van der Waals surface area contributed by atoms with E-state index in [0.29, 0.717) is 5.69 Å². The third-order valence-corrected chi connectivity index (χ3v) is 3.49. The van der Waals surface area contributed by atoms with Crippen LogP contribution in [0.2, 0.25) is 0 Å². The van der Waals surface area contributed by atoms with Gasteiger partial charge in [-0.15, -0.1) is 11.3 Å². The number of hydrogen-bond donors (Lipinski definition) is 0. The molecule has 0 aliphatic rings. The molecule has 2 aromatic heterocycles. The van der Waals surface area contributed by atoms with Gasteiger partial charge >= 0.3 is 0 Å². The average molecular weight is 240 g/mol. The van der Waals surface area contributed by atoms with Gasteiger partial charge in [0.05, 0.1) is 10.6 Å². The topological polar surface area (TPSA) is 59.9 Å². The van der Waals surface area contributed by atoms with E-state index >= 15 is 0 Å². The van der Waals surface area contributed by atoms with Crippen molar-refractivity contribution in [1.29, 1.82) is 0 Å². The van der Waals surface area contributed by atoms with E-state index in [-0.39, 0.29) is 5.16 Å². The van der Waals surface area contributed by atoms with Crippen molar-refractivity contribution in [1.82, 2.24) is 9.97 Å². The summed E-state index contributed by atoms with van der Waals surface area (Å²) in [5, 5.41) is 1.78. The lowest BCUT2D eigenvalue weighted by Crippen LogP contribution is -2.03. The van der Waals surface area contributed by atoms with Crippen LogP contribution in [0.3, 0.4) is 0 Å². The van der Waals surface area contributed by atoms with Gasteiger partial charge in [-0.1, -0.05) is 6.07 Å². The molecule has 4 nitrogen and oxygen atoms in total. The van der Waals surface area contributed by atoms with E-state index < -0.39 is 9.84 Å². The Morgan fingerprint density at radius 2 is 2.13 bits per heavy atom. The molecule has 0 spiro atoms. The van der Waals surface area contributed by atoms with Crippen LogP contribution in [0, 0.1) is 0 Å². The first-order valence-electron chi connectivity index (χ1n) is 4.14. The monoisotopic (exact) mass is 240 g/mol. The molecular weight excluding hydrogens is 232 g/mol. The Kier molecular flexibility index (Phi) is 2.54. The van der Waals surface area contributed by atoms with E-state index in [4.69, 9.17) is 0 Å². The van der Waals surface area contributed by atoms with Gasteiger partial charge in [-0.25, -0.2) is 18.4 Å². The third-order valence-electron chi connectivity index (χ3n) is 1.74. The number of hydrogen-bond acceptors (Lipinski definition) is 5. The Bertz CT molecular complexity index is 562. The van der Waals surface area contributed by atoms with Gasteiger partial charge < -0.3 is 0 Å². The third kappa shape index (κ3) is 2.21. The number of aromatic nitrogens is 2. The number of rotatable bonds is 2. The van der Waals surface area contributed by atoms with Gasteiger partial charge in [-0.2, -0.15) is 0 Å². The van der Waals surface area contributed by atoms with Crippen LogP contribution in [0.25, 0.3) is 10.6 Å². The fraction of sp³-hybridized carbons (Fsp3) is 0.111. The molecule has 0 saturated heterocycles. The van der Waals surface area contributed by atoms with Crippen LogP contribution in [0.1, 0.15) is 0 Å². The maximum absolute atomic E-state index is 11.2. The van der Waals surface area contributed by atoms with Gasteiger partial charge in [0.2, 0.25) is 15.0 Å². The van der Waals surface area contributed by atoms with E-state index in [1.165, 1.54) is 17.5 Å². The fourth-order valence-corrected chi connectivity index (χ4v) is 2.29. The Balaban J connectivity index is 2.53. The summed E-state index contributed by atoms with van der Waals surface area (Å²) in [5.74, 6) is 0. The van der Waals surface area contributed by atoms with E-state index in [1.54, 1.807) is 6.07 Å². The quantitative estimate of drug-likeness (QED) is 0.748. The Morgan fingerprint density at radius 1 is 1.33 bits per heavy atom. The zero-order valence-corrected chi connectivity index (χ0v) is 9.55. The van der Waals surface area contributed by atoms with Gasteiger partial charge in [0.25, 0.3) is 0 Å². The molecule has 2 rings (SSSR count). The molecule has 0 atom stereocenters. The molecule has 15 heavy (non-hydrogen) atoms. The van der Waals surface area contributed by atoms with Crippen molar-refractivity contribution < 1.29 is 8.42 Å². The Labute approximate surface area is 91.6 Å². The largest absolute Gasteiger partial charge is 0.247 e. The molecule has 0 aliphatic carbocycles. The summed E-state index contributed by atoms with van der Waals surface area (Å²) < 4.78 is 22.5. The van der Waals surface area contributed by atoms with Crippen molar-refractivity contribution in [3.8, 4) is 10.6 Å². The maximum Gasteiger partial charge on any atom is 0.247 e. The molecule has 0 aromatic carbocycles. The van der Waals surface area contributed by atoms with Gasteiger partial charge in [-0.3, -0.25) is 0 Å². The highest BCUT2D eigenvalue weighted by Gasteiger charge is 2.11. The van der Waals surface area contributed by atoms with Crippen molar-refractivity contribution in [2.45, 2.75) is 5.16 Å². The fourth-order valence-electron chi connectivity index (χ4n) is 1.08. The first-order chi connectivity index (χ1) is 7.07. The van der Waals surface area contributed by atoms with Crippen LogP contribution in [0.15, 0.2) is 34.9 Å². The molecule has 0 radical (unpaired) electrons. The zero-order valence-electron chi connectivity index (χ0n) is 7.91. The van der Waals surface area contributed by atoms with Crippen LogP contribution >= 0.6 is 11.3 Å². The van der Waals surface area contributed by atoms with Crippen molar-refractivity contribution in [3.05, 3.63) is 29.8 Å². The average Bonchev–Trinajstić information content (AvgIpc) is 2.69. The predicted molar refractivity (Wildman–Crippen MR) is 58.5 cm³/mol. The highest BCUT2D eigenvalue weighted by atomic mass is 32.2. The minimum atomic E-state index is -3.33. The van der Waals surface area contributed by atoms with Crippen molar-refractivity contribution in [2.24, 2.45) is 0 Å². The second-order valence-corrected chi connectivity index (χ2v) is 5.83. The summed E-state index contributed by atoms with van der Waals surface area (Å²) in [4.78, 5) is 8.66. The van der Waals surface area contributed by atoms with Gasteiger partial charge in [-0.05, 0) is 17.5 Å². The molecule has 78 valence electrons. The van der Waals surface area contributed by atoms with Crippen LogP contribution in [0.4, 0.5) is 0 Å². The van der Waals surface area contributed by atoms with Gasteiger partial charge in [0, 0.05) is 12.5 Å². The molecule has 2 aromatic rings. The molecule has 0 unspecified atom stereocenters. The standard InChI is InChI=1S/C9H8N2O2S2/c1-15(12,13)9-10-5-4-7(11-9)8-3-2-6-14-8/h2-6H,1H3. The summed E-state index contributed by atoms with van der Waals surface area (Å²) in [6.07, 6.45) is 2.55. The molecule has 0 aliphatic heterocycles. The minimum absolute atomic E-state index is 0.131. The molecular formula is C9H8N2O2S2. The highest BCUT2D eigenvalue weighted by Crippen LogP contribution is 2.22. The summed E-state index contributed by atoms with van der Waals surface area (Å²) in [5.41, 5.74) is 0.639. The van der Waals surface area contributed by atoms with Crippen molar-refractivity contribution in [2.75, 3.05) is 6.26 Å². The molecule has 0 bridgehead atoms. The lowest BCUT2D eigenvalue weighted by Gasteiger charge is -1.99. The lowest BCUT2D eigenvalue weighted by molar-refractivity contribution is 0.593. The molecule has 2 heterocycles. The summed E-state index contributed by atoms with van der Waals surface area (Å²) in [6, 6.07) is 5.47. The van der Waals surface area contributed by atoms with E-state index in [1.807, 2.05) is 17.5 Å². The number of nitrogens with zero attached hydrogens (tertiary/aromatic N) is 2. The summed E-state index contributed by atoms with van der Waals surface area (Å²) in [6.45, 7) is 0. The van der Waals surface area contributed by atoms with Crippen molar-refractivity contribution in [3.63, 3.8) is 0 Å². The van der Waals surface area contributed by atoms with Crippen molar-refractivity contribution >= 4 is 21.2 Å². The van der Waals surface area contributed by atoms with Crippen LogP contribution < -0.4 is 0 Å². The van der Waals surface area contributed by atoms with Crippen LogP contribution in [-0.4, -0.2) is 24.6 Å². The van der Waals surface area contributed by atoms with Gasteiger partial charge in [0.1, 0.15) is 0 Å². The van der Waals surface area contributed by atoms with Gasteiger partial charge in [0.15, 0.2) is 0 Å². The Hall–Kier alpha value is -1.27. The molecule has 0 N–H and O–H groups in total. The number of thiophene rings is 1. The smallest absolute Gasteiger partial charge is 0.227 e. The second-order valence-electron chi connectivity index (χ2n) is 2.97. The normalized spacial score (nSPS) is 11.5. The molecule has 0 amide bonds. The first-order valence-corrected chi connectivity index (χ1v) is 6.91. The number of sulfone groups is 1. The zero-order chi connectivity index (χ0) is 10.9. The highest BCUT2D eigenvalue weighted by molar-refractivity contribution is 7.90. The maximum atomic E-state index is 11.2. The first kappa shape index (κ1) is 10.3. The van der Waals surface area contributed by atoms with Crippen LogP contribution in [0.5, 0.6) is 0 Å². The SMILES string of the molecule is CS(=O)(=O)c1nccc(-c2cccs2)n1. The molecule has 6 heteroatoms. The summed E-state index contributed by atoms with van der Waals surface area (Å²) >= 11 is 1.51. The molecule has 0 saturated carbocycles. The molecule has 0 fully saturated rings.